The summed E-state index contributed by atoms with van der Waals surface area (Å²) in [5.41, 5.74) is -0.0689. The van der Waals surface area contributed by atoms with Crippen LogP contribution in [-0.4, -0.2) is 33.4 Å². The number of amides is 2. The van der Waals surface area contributed by atoms with Gasteiger partial charge in [-0.05, 0) is 49.7 Å². The second-order valence-corrected chi connectivity index (χ2v) is 8.76. The van der Waals surface area contributed by atoms with Crippen LogP contribution < -0.4 is 19.5 Å². The molecule has 2 aliphatic rings. The van der Waals surface area contributed by atoms with Crippen molar-refractivity contribution >= 4 is 21.8 Å². The molecule has 0 aliphatic carbocycles. The third-order valence-corrected chi connectivity index (χ3v) is 6.32. The number of hydrogen-bond acceptors (Lipinski definition) is 6. The molecule has 2 N–H and O–H groups in total. The molecule has 0 spiro atoms. The van der Waals surface area contributed by atoms with E-state index >= 15 is 0 Å². The summed E-state index contributed by atoms with van der Waals surface area (Å²) in [6.45, 7) is 4.34. The molecule has 0 aromatic heterocycles. The van der Waals surface area contributed by atoms with Crippen molar-refractivity contribution in [3.8, 4) is 11.5 Å². The molecule has 9 heteroatoms. The van der Waals surface area contributed by atoms with Crippen LogP contribution in [0, 0.1) is 0 Å². The van der Waals surface area contributed by atoms with E-state index in [9.17, 15) is 18.0 Å². The number of nitrogens with one attached hydrogen (secondary N) is 2. The number of sulfonamides is 1. The molecule has 2 aromatic carbocycles. The van der Waals surface area contributed by atoms with Crippen LogP contribution >= 0.6 is 0 Å². The third kappa shape index (κ3) is 3.12. The van der Waals surface area contributed by atoms with E-state index in [2.05, 4.69) is 10.0 Å². The third-order valence-electron chi connectivity index (χ3n) is 4.67. The molecule has 0 bridgehead atoms. The summed E-state index contributed by atoms with van der Waals surface area (Å²) >= 11 is 0. The van der Waals surface area contributed by atoms with Gasteiger partial charge in [0.2, 0.25) is 10.0 Å². The first-order valence-corrected chi connectivity index (χ1v) is 10.1. The van der Waals surface area contributed by atoms with E-state index in [1.807, 2.05) is 0 Å². The van der Waals surface area contributed by atoms with Gasteiger partial charge < -0.3 is 9.47 Å². The zero-order valence-electron chi connectivity index (χ0n) is 15.2. The van der Waals surface area contributed by atoms with Crippen LogP contribution in [0.25, 0.3) is 0 Å². The van der Waals surface area contributed by atoms with Crippen LogP contribution in [0.2, 0.25) is 0 Å². The Hall–Kier alpha value is -2.91. The lowest BCUT2D eigenvalue weighted by Gasteiger charge is -2.28. The Morgan fingerprint density at radius 3 is 2.36 bits per heavy atom. The van der Waals surface area contributed by atoms with E-state index in [1.165, 1.54) is 18.2 Å². The Morgan fingerprint density at radius 2 is 1.61 bits per heavy atom. The maximum atomic E-state index is 12.9. The van der Waals surface area contributed by atoms with Crippen LogP contribution in [-0.2, 0) is 15.6 Å². The van der Waals surface area contributed by atoms with Gasteiger partial charge in [-0.3, -0.25) is 14.9 Å². The number of ether oxygens (including phenoxy) is 2. The highest BCUT2D eigenvalue weighted by Gasteiger charge is 2.32. The number of carbonyl (C=O) groups excluding carboxylic acids is 2. The number of fused-ring (bicyclic) bond motifs is 2. The Labute approximate surface area is 161 Å². The molecule has 0 fully saturated rings. The maximum Gasteiger partial charge on any atom is 0.258 e. The maximum absolute atomic E-state index is 12.9. The largest absolute Gasteiger partial charge is 0.486 e. The molecule has 2 amide bonds. The molecule has 0 saturated heterocycles. The average molecular weight is 402 g/mol. The second kappa shape index (κ2) is 6.32. The van der Waals surface area contributed by atoms with Gasteiger partial charge in [0.25, 0.3) is 11.8 Å². The van der Waals surface area contributed by atoms with E-state index in [0.29, 0.717) is 30.3 Å². The molecular weight excluding hydrogens is 384 g/mol. The average Bonchev–Trinajstić information content (AvgIpc) is 2.94. The van der Waals surface area contributed by atoms with E-state index in [0.717, 1.165) is 0 Å². The van der Waals surface area contributed by atoms with Crippen molar-refractivity contribution in [1.82, 2.24) is 10.0 Å². The van der Waals surface area contributed by atoms with Crippen molar-refractivity contribution in [3.63, 3.8) is 0 Å². The molecule has 2 aliphatic heterocycles. The number of benzene rings is 2. The van der Waals surface area contributed by atoms with E-state index < -0.39 is 27.4 Å². The monoisotopic (exact) mass is 402 g/mol. The minimum Gasteiger partial charge on any atom is -0.486 e. The summed E-state index contributed by atoms with van der Waals surface area (Å²) in [6.07, 6.45) is 0. The molecule has 0 unspecified atom stereocenters. The Kier molecular flexibility index (Phi) is 4.16. The number of imide groups is 1. The highest BCUT2D eigenvalue weighted by molar-refractivity contribution is 7.89. The highest BCUT2D eigenvalue weighted by Crippen LogP contribution is 2.35. The van der Waals surface area contributed by atoms with Gasteiger partial charge in [0.15, 0.2) is 11.5 Å². The molecule has 28 heavy (non-hydrogen) atoms. The fraction of sp³-hybridized carbons (Fsp3) is 0.263. The summed E-state index contributed by atoms with van der Waals surface area (Å²) in [5.74, 6) is 0.0309. The molecule has 8 nitrogen and oxygen atoms in total. The van der Waals surface area contributed by atoms with Crippen molar-refractivity contribution in [2.24, 2.45) is 0 Å². The molecule has 2 heterocycles. The molecule has 0 radical (unpaired) electrons. The van der Waals surface area contributed by atoms with Crippen LogP contribution in [0.3, 0.4) is 0 Å². The summed E-state index contributed by atoms with van der Waals surface area (Å²) in [7, 11) is -3.96. The van der Waals surface area contributed by atoms with Crippen LogP contribution in [0.5, 0.6) is 11.5 Å². The van der Waals surface area contributed by atoms with Crippen LogP contribution in [0.15, 0.2) is 41.3 Å². The fourth-order valence-corrected chi connectivity index (χ4v) is 4.63. The Morgan fingerprint density at radius 1 is 0.929 bits per heavy atom. The molecule has 146 valence electrons. The van der Waals surface area contributed by atoms with Crippen molar-refractivity contribution in [3.05, 3.63) is 53.1 Å². The lowest BCUT2D eigenvalue weighted by atomic mass is 9.95. The number of carbonyl (C=O) groups is 2. The van der Waals surface area contributed by atoms with E-state index in [1.54, 1.807) is 32.0 Å². The first kappa shape index (κ1) is 18.5. The van der Waals surface area contributed by atoms with Gasteiger partial charge in [0.05, 0.1) is 21.6 Å². The van der Waals surface area contributed by atoms with Crippen molar-refractivity contribution < 1.29 is 27.5 Å². The van der Waals surface area contributed by atoms with E-state index in [-0.39, 0.29) is 16.0 Å². The predicted octanol–water partition coefficient (Wildman–Crippen LogP) is 1.56. The summed E-state index contributed by atoms with van der Waals surface area (Å²) < 4.78 is 39.5. The smallest absolute Gasteiger partial charge is 0.258 e. The molecule has 4 rings (SSSR count). The quantitative estimate of drug-likeness (QED) is 0.751. The zero-order valence-corrected chi connectivity index (χ0v) is 16.1. The summed E-state index contributed by atoms with van der Waals surface area (Å²) in [6, 6.07) is 9.10. The molecular formula is C19H18N2O6S. The Bertz CT molecular complexity index is 1110. The van der Waals surface area contributed by atoms with Gasteiger partial charge in [0.1, 0.15) is 13.2 Å². The first-order chi connectivity index (χ1) is 13.2. The lowest BCUT2D eigenvalue weighted by molar-refractivity contribution is 0.0879. The van der Waals surface area contributed by atoms with Gasteiger partial charge in [-0.1, -0.05) is 6.07 Å². The fourth-order valence-electron chi connectivity index (χ4n) is 3.20. The Balaban J connectivity index is 1.65. The van der Waals surface area contributed by atoms with Crippen molar-refractivity contribution in [2.45, 2.75) is 24.3 Å². The van der Waals surface area contributed by atoms with Crippen molar-refractivity contribution in [2.75, 3.05) is 13.2 Å². The number of hydrogen-bond donors (Lipinski definition) is 2. The van der Waals surface area contributed by atoms with Gasteiger partial charge in [0, 0.05) is 0 Å². The van der Waals surface area contributed by atoms with Gasteiger partial charge in [-0.2, -0.15) is 0 Å². The van der Waals surface area contributed by atoms with E-state index in [4.69, 9.17) is 9.47 Å². The summed E-state index contributed by atoms with van der Waals surface area (Å²) in [4.78, 5) is 23.4. The number of rotatable bonds is 4. The van der Waals surface area contributed by atoms with Gasteiger partial charge in [-0.25, -0.2) is 13.1 Å². The van der Waals surface area contributed by atoms with Gasteiger partial charge in [-0.15, -0.1) is 0 Å². The standard InChI is InChI=1S/C19H18N2O6S/c1-19(2,11-3-6-15-16(9-11)27-8-7-26-15)21-28(24,25)12-4-5-13-14(10-12)18(23)20-17(13)22/h3-6,9-10,21H,7-8H2,1-2H3,(H,20,22,23). The highest BCUT2D eigenvalue weighted by atomic mass is 32.2. The topological polar surface area (TPSA) is 111 Å². The minimum atomic E-state index is -3.96. The normalized spacial score (nSPS) is 15.9. The van der Waals surface area contributed by atoms with Crippen molar-refractivity contribution in [1.29, 1.82) is 0 Å². The second-order valence-electron chi connectivity index (χ2n) is 7.08. The zero-order chi connectivity index (χ0) is 20.1. The van der Waals surface area contributed by atoms with Crippen LogP contribution in [0.4, 0.5) is 0 Å². The molecule has 0 atom stereocenters. The SMILES string of the molecule is CC(C)(NS(=O)(=O)c1ccc2c(c1)C(=O)NC2=O)c1ccc2c(c1)OCCO2. The first-order valence-electron chi connectivity index (χ1n) is 8.61. The minimum absolute atomic E-state index is 0.0463. The van der Waals surface area contributed by atoms with Gasteiger partial charge >= 0.3 is 0 Å². The van der Waals surface area contributed by atoms with Crippen LogP contribution in [0.1, 0.15) is 40.1 Å². The lowest BCUT2D eigenvalue weighted by Crippen LogP contribution is -2.41. The molecule has 0 saturated carbocycles. The predicted molar refractivity (Wildman–Crippen MR) is 99.0 cm³/mol. The molecule has 2 aromatic rings. The summed E-state index contributed by atoms with van der Waals surface area (Å²) in [5, 5.41) is 2.15.